The Morgan fingerprint density at radius 1 is 1.53 bits per heavy atom. The summed E-state index contributed by atoms with van der Waals surface area (Å²) < 4.78 is 57.2. The van der Waals surface area contributed by atoms with Crippen LogP contribution in [0.2, 0.25) is 0 Å². The molecule has 15 heavy (non-hydrogen) atoms. The van der Waals surface area contributed by atoms with Crippen molar-refractivity contribution in [1.29, 1.82) is 0 Å². The molecule has 2 unspecified atom stereocenters. The van der Waals surface area contributed by atoms with Gasteiger partial charge in [0.2, 0.25) is 0 Å². The molecule has 1 fully saturated rings. The molecule has 1 aliphatic heterocycles. The number of sulfone groups is 1. The molecule has 0 aliphatic carbocycles. The van der Waals surface area contributed by atoms with Crippen LogP contribution < -0.4 is 0 Å². The smallest absolute Gasteiger partial charge is 0.267 e. The van der Waals surface area contributed by atoms with Crippen molar-refractivity contribution in [2.45, 2.75) is 12.5 Å². The van der Waals surface area contributed by atoms with Crippen LogP contribution in [-0.2, 0) is 24.7 Å². The van der Waals surface area contributed by atoms with Crippen LogP contribution in [0, 0.1) is 5.92 Å². The maximum atomic E-state index is 11.2. The summed E-state index contributed by atoms with van der Waals surface area (Å²) in [5, 5.41) is 0. The van der Waals surface area contributed by atoms with Crippen LogP contribution in [0.15, 0.2) is 0 Å². The van der Waals surface area contributed by atoms with Gasteiger partial charge in [0.25, 0.3) is 10.1 Å². The lowest BCUT2D eigenvalue weighted by molar-refractivity contribution is 0.0774. The van der Waals surface area contributed by atoms with Crippen LogP contribution in [-0.4, -0.2) is 51.9 Å². The number of methoxy groups -OCH3 is 1. The molecule has 90 valence electrons. The molecule has 1 N–H and O–H groups in total. The molecule has 0 radical (unpaired) electrons. The van der Waals surface area contributed by atoms with Crippen LogP contribution in [0.1, 0.15) is 6.42 Å². The van der Waals surface area contributed by atoms with Crippen molar-refractivity contribution < 1.29 is 26.1 Å². The van der Waals surface area contributed by atoms with Gasteiger partial charge in [-0.05, 0) is 6.42 Å². The number of hydrogen-bond donors (Lipinski definition) is 1. The molecular formula is C7H14O6S2. The molecular weight excluding hydrogens is 244 g/mol. The lowest BCUT2D eigenvalue weighted by atomic mass is 10.0. The van der Waals surface area contributed by atoms with E-state index < -0.39 is 31.8 Å². The molecule has 1 heterocycles. The lowest BCUT2D eigenvalue weighted by Gasteiger charge is -2.19. The van der Waals surface area contributed by atoms with E-state index in [-0.39, 0.29) is 17.4 Å². The molecule has 2 atom stereocenters. The Balaban J connectivity index is 2.70. The van der Waals surface area contributed by atoms with Gasteiger partial charge in [-0.1, -0.05) is 0 Å². The van der Waals surface area contributed by atoms with Crippen LogP contribution >= 0.6 is 0 Å². The van der Waals surface area contributed by atoms with Crippen molar-refractivity contribution in [2.24, 2.45) is 5.92 Å². The standard InChI is InChI=1S/C7H14O6S2/c1-13-7(5-15(10,11)12)6-2-3-14(8,9)4-6/h6-7H,2-5H2,1H3,(H,10,11,12). The molecule has 0 bridgehead atoms. The van der Waals surface area contributed by atoms with Gasteiger partial charge < -0.3 is 4.74 Å². The second kappa shape index (κ2) is 4.36. The third-order valence-corrected chi connectivity index (χ3v) is 5.01. The molecule has 0 saturated carbocycles. The first-order valence-corrected chi connectivity index (χ1v) is 7.85. The fourth-order valence-corrected chi connectivity index (χ4v) is 4.41. The maximum Gasteiger partial charge on any atom is 0.267 e. The average Bonchev–Trinajstić information content (AvgIpc) is 2.40. The van der Waals surface area contributed by atoms with Gasteiger partial charge in [0.15, 0.2) is 9.84 Å². The fraction of sp³-hybridized carbons (Fsp3) is 1.00. The summed E-state index contributed by atoms with van der Waals surface area (Å²) in [7, 11) is -5.89. The second-order valence-electron chi connectivity index (χ2n) is 3.69. The minimum absolute atomic E-state index is 0.0585. The Labute approximate surface area is 89.3 Å². The number of ether oxygens (including phenoxy) is 1. The molecule has 0 spiro atoms. The van der Waals surface area contributed by atoms with Gasteiger partial charge >= 0.3 is 0 Å². The zero-order chi connectivity index (χ0) is 11.7. The Bertz CT molecular complexity index is 409. The van der Waals surface area contributed by atoms with Gasteiger partial charge in [0.1, 0.15) is 5.75 Å². The summed E-state index contributed by atoms with van der Waals surface area (Å²) in [6.07, 6.45) is -0.367. The molecule has 0 amide bonds. The Morgan fingerprint density at radius 2 is 2.13 bits per heavy atom. The normalized spacial score (nSPS) is 27.7. The van der Waals surface area contributed by atoms with Gasteiger partial charge in [-0.2, -0.15) is 8.42 Å². The van der Waals surface area contributed by atoms with Crippen molar-refractivity contribution >= 4 is 20.0 Å². The van der Waals surface area contributed by atoms with E-state index in [0.29, 0.717) is 6.42 Å². The minimum atomic E-state index is -4.13. The first-order chi connectivity index (χ1) is 6.73. The van der Waals surface area contributed by atoms with Gasteiger partial charge in [0.05, 0.1) is 17.6 Å². The minimum Gasteiger partial charge on any atom is -0.380 e. The summed E-state index contributed by atoms with van der Waals surface area (Å²) in [5.41, 5.74) is 0. The molecule has 0 aromatic carbocycles. The third kappa shape index (κ3) is 4.06. The van der Waals surface area contributed by atoms with Crippen molar-refractivity contribution in [3.8, 4) is 0 Å². The summed E-state index contributed by atoms with van der Waals surface area (Å²) >= 11 is 0. The van der Waals surface area contributed by atoms with Crippen LogP contribution in [0.25, 0.3) is 0 Å². The third-order valence-electron chi connectivity index (χ3n) is 2.47. The predicted molar refractivity (Wildman–Crippen MR) is 54.0 cm³/mol. The topological polar surface area (TPSA) is 97.7 Å². The molecule has 1 saturated heterocycles. The van der Waals surface area contributed by atoms with E-state index in [0.717, 1.165) is 0 Å². The zero-order valence-corrected chi connectivity index (χ0v) is 9.92. The highest BCUT2D eigenvalue weighted by atomic mass is 32.2. The highest BCUT2D eigenvalue weighted by Gasteiger charge is 2.35. The van der Waals surface area contributed by atoms with E-state index in [1.807, 2.05) is 0 Å². The summed E-state index contributed by atoms with van der Waals surface area (Å²) in [6.45, 7) is 0. The lowest BCUT2D eigenvalue weighted by Crippen LogP contribution is -2.31. The summed E-state index contributed by atoms with van der Waals surface area (Å²) in [4.78, 5) is 0. The molecule has 8 heteroatoms. The Hall–Kier alpha value is -0.180. The van der Waals surface area contributed by atoms with Crippen molar-refractivity contribution in [3.05, 3.63) is 0 Å². The van der Waals surface area contributed by atoms with Crippen molar-refractivity contribution in [3.63, 3.8) is 0 Å². The van der Waals surface area contributed by atoms with Crippen LogP contribution in [0.5, 0.6) is 0 Å². The number of hydrogen-bond acceptors (Lipinski definition) is 5. The second-order valence-corrected chi connectivity index (χ2v) is 7.41. The summed E-state index contributed by atoms with van der Waals surface area (Å²) in [6, 6.07) is 0. The van der Waals surface area contributed by atoms with Crippen molar-refractivity contribution in [1.82, 2.24) is 0 Å². The van der Waals surface area contributed by atoms with E-state index in [2.05, 4.69) is 0 Å². The fourth-order valence-electron chi connectivity index (χ4n) is 1.72. The molecule has 0 aromatic heterocycles. The quantitative estimate of drug-likeness (QED) is 0.671. The van der Waals surface area contributed by atoms with Gasteiger partial charge in [-0.3, -0.25) is 4.55 Å². The van der Waals surface area contributed by atoms with E-state index in [1.165, 1.54) is 7.11 Å². The zero-order valence-electron chi connectivity index (χ0n) is 8.29. The monoisotopic (exact) mass is 258 g/mol. The maximum absolute atomic E-state index is 11.2. The largest absolute Gasteiger partial charge is 0.380 e. The number of rotatable bonds is 4. The summed E-state index contributed by atoms with van der Waals surface area (Å²) in [5.74, 6) is -0.907. The highest BCUT2D eigenvalue weighted by Crippen LogP contribution is 2.24. The molecule has 1 rings (SSSR count). The van der Waals surface area contributed by atoms with Crippen LogP contribution in [0.3, 0.4) is 0 Å². The Morgan fingerprint density at radius 3 is 2.47 bits per heavy atom. The molecule has 0 aromatic rings. The van der Waals surface area contributed by atoms with E-state index in [4.69, 9.17) is 9.29 Å². The van der Waals surface area contributed by atoms with Crippen molar-refractivity contribution in [2.75, 3.05) is 24.4 Å². The van der Waals surface area contributed by atoms with Gasteiger partial charge in [-0.15, -0.1) is 0 Å². The van der Waals surface area contributed by atoms with E-state index >= 15 is 0 Å². The van der Waals surface area contributed by atoms with Crippen LogP contribution in [0.4, 0.5) is 0 Å². The van der Waals surface area contributed by atoms with Gasteiger partial charge in [0, 0.05) is 13.0 Å². The SMILES string of the molecule is COC(CS(=O)(=O)O)C1CCS(=O)(=O)C1. The first-order valence-electron chi connectivity index (χ1n) is 4.42. The van der Waals surface area contributed by atoms with Gasteiger partial charge in [-0.25, -0.2) is 8.42 Å². The average molecular weight is 258 g/mol. The molecule has 1 aliphatic rings. The van der Waals surface area contributed by atoms with E-state index in [9.17, 15) is 16.8 Å². The highest BCUT2D eigenvalue weighted by molar-refractivity contribution is 7.91. The Kier molecular flexibility index (Phi) is 3.75. The predicted octanol–water partition coefficient (Wildman–Crippen LogP) is -0.676. The molecule has 6 nitrogen and oxygen atoms in total. The first kappa shape index (κ1) is 12.9. The van der Waals surface area contributed by atoms with E-state index in [1.54, 1.807) is 0 Å².